The predicted octanol–water partition coefficient (Wildman–Crippen LogP) is 2.24. The lowest BCUT2D eigenvalue weighted by Crippen LogP contribution is -2.37. The number of carbonyl (C=O) groups excluding carboxylic acids is 1. The average Bonchev–Trinajstić information content (AvgIpc) is 3.25. The fraction of sp³-hybridized carbons (Fsp3) is 0.348. The van der Waals surface area contributed by atoms with E-state index in [1.54, 1.807) is 19.5 Å². The monoisotopic (exact) mass is 421 g/mol. The molecular formula is C23H27N5O3. The molecule has 1 aliphatic rings. The minimum Gasteiger partial charge on any atom is -0.497 e. The molecule has 1 amide bonds. The number of amides is 1. The van der Waals surface area contributed by atoms with E-state index in [1.807, 2.05) is 53.4 Å². The zero-order valence-corrected chi connectivity index (χ0v) is 17.6. The number of nitrogens with zero attached hydrogens (tertiary/aromatic N) is 4. The summed E-state index contributed by atoms with van der Waals surface area (Å²) in [5.74, 6) is 0.868. The first kappa shape index (κ1) is 21.0. The van der Waals surface area contributed by atoms with E-state index in [1.165, 1.54) is 0 Å². The van der Waals surface area contributed by atoms with Gasteiger partial charge in [-0.25, -0.2) is 0 Å². The third kappa shape index (κ3) is 5.90. The molecular weight excluding hydrogens is 394 g/mol. The van der Waals surface area contributed by atoms with E-state index in [-0.39, 0.29) is 12.0 Å². The van der Waals surface area contributed by atoms with Gasteiger partial charge in [-0.2, -0.15) is 5.10 Å². The van der Waals surface area contributed by atoms with Crippen LogP contribution in [-0.2, 0) is 29.2 Å². The van der Waals surface area contributed by atoms with Crippen LogP contribution in [0.25, 0.3) is 0 Å². The topological polar surface area (TPSA) is 83.6 Å². The summed E-state index contributed by atoms with van der Waals surface area (Å²) in [5.41, 5.74) is 2.87. The molecule has 1 unspecified atom stereocenters. The molecule has 8 nitrogen and oxygen atoms in total. The number of aromatic amines is 1. The number of pyridine rings is 1. The largest absolute Gasteiger partial charge is 0.497 e. The standard InChI is InChI=1S/C23H27N5O3/c1-30-21-7-4-5-18(11-21)17-31-22-14-27(12-20-8-10-25-26-20)16-23(29)28(15-22)13-19-6-2-3-9-24-19/h2-11,22H,12-17H2,1H3,(H,25,26). The lowest BCUT2D eigenvalue weighted by molar-refractivity contribution is -0.132. The molecule has 3 heterocycles. The molecule has 0 bridgehead atoms. The van der Waals surface area contributed by atoms with Crippen molar-refractivity contribution in [1.29, 1.82) is 0 Å². The lowest BCUT2D eigenvalue weighted by atomic mass is 10.2. The Morgan fingerprint density at radius 3 is 2.81 bits per heavy atom. The van der Waals surface area contributed by atoms with Crippen LogP contribution < -0.4 is 4.74 Å². The van der Waals surface area contributed by atoms with Gasteiger partial charge >= 0.3 is 0 Å². The zero-order valence-electron chi connectivity index (χ0n) is 17.6. The maximum atomic E-state index is 13.0. The Morgan fingerprint density at radius 1 is 1.10 bits per heavy atom. The van der Waals surface area contributed by atoms with Crippen molar-refractivity contribution >= 4 is 5.91 Å². The van der Waals surface area contributed by atoms with Gasteiger partial charge in [0.25, 0.3) is 0 Å². The van der Waals surface area contributed by atoms with E-state index in [4.69, 9.17) is 9.47 Å². The predicted molar refractivity (Wildman–Crippen MR) is 115 cm³/mol. The van der Waals surface area contributed by atoms with Gasteiger partial charge in [0.15, 0.2) is 0 Å². The van der Waals surface area contributed by atoms with Crippen molar-refractivity contribution in [3.63, 3.8) is 0 Å². The van der Waals surface area contributed by atoms with Crippen molar-refractivity contribution in [3.05, 3.63) is 77.9 Å². The van der Waals surface area contributed by atoms with Crippen LogP contribution in [0.3, 0.4) is 0 Å². The molecule has 1 saturated heterocycles. The van der Waals surface area contributed by atoms with Crippen molar-refractivity contribution in [2.24, 2.45) is 0 Å². The molecule has 1 aliphatic heterocycles. The molecule has 0 radical (unpaired) electrons. The molecule has 1 fully saturated rings. The van der Waals surface area contributed by atoms with Crippen LogP contribution in [-0.4, -0.2) is 63.7 Å². The Kier molecular flexibility index (Phi) is 6.91. The van der Waals surface area contributed by atoms with Crippen molar-refractivity contribution in [3.8, 4) is 5.75 Å². The normalized spacial score (nSPS) is 17.5. The first-order valence-electron chi connectivity index (χ1n) is 10.3. The second kappa shape index (κ2) is 10.2. The molecule has 8 heteroatoms. The summed E-state index contributed by atoms with van der Waals surface area (Å²) in [6, 6.07) is 15.5. The highest BCUT2D eigenvalue weighted by Crippen LogP contribution is 2.17. The second-order valence-corrected chi connectivity index (χ2v) is 7.63. The number of aromatic nitrogens is 3. The van der Waals surface area contributed by atoms with Gasteiger partial charge in [0.05, 0.1) is 38.6 Å². The van der Waals surface area contributed by atoms with Crippen LogP contribution >= 0.6 is 0 Å². The molecule has 162 valence electrons. The number of nitrogens with one attached hydrogen (secondary N) is 1. The minimum absolute atomic E-state index is 0.0673. The number of carbonyl (C=O) groups is 1. The molecule has 1 aromatic carbocycles. The zero-order chi connectivity index (χ0) is 21.5. The summed E-state index contributed by atoms with van der Waals surface area (Å²) in [5, 5.41) is 6.99. The van der Waals surface area contributed by atoms with Gasteiger partial charge < -0.3 is 14.4 Å². The molecule has 0 saturated carbocycles. The van der Waals surface area contributed by atoms with Crippen LogP contribution in [0.15, 0.2) is 60.9 Å². The first-order chi connectivity index (χ1) is 15.2. The van der Waals surface area contributed by atoms with Gasteiger partial charge in [0.2, 0.25) is 5.91 Å². The number of H-pyrrole nitrogens is 1. The number of rotatable bonds is 8. The van der Waals surface area contributed by atoms with Crippen molar-refractivity contribution < 1.29 is 14.3 Å². The molecule has 3 aromatic rings. The van der Waals surface area contributed by atoms with Gasteiger partial charge in [0, 0.05) is 37.7 Å². The number of ether oxygens (including phenoxy) is 2. The molecule has 1 N–H and O–H groups in total. The SMILES string of the molecule is COc1cccc(COC2CN(Cc3ccn[nH]3)CC(=O)N(Cc3ccccn3)C2)c1. The fourth-order valence-corrected chi connectivity index (χ4v) is 3.70. The summed E-state index contributed by atoms with van der Waals surface area (Å²) in [6.45, 7) is 3.02. The minimum atomic E-state index is -0.135. The van der Waals surface area contributed by atoms with Crippen molar-refractivity contribution in [2.75, 3.05) is 26.7 Å². The number of methoxy groups -OCH3 is 1. The number of benzene rings is 1. The Bertz CT molecular complexity index is 964. The van der Waals surface area contributed by atoms with Gasteiger partial charge in [-0.15, -0.1) is 0 Å². The van der Waals surface area contributed by atoms with Gasteiger partial charge in [0.1, 0.15) is 5.75 Å². The van der Waals surface area contributed by atoms with Crippen LogP contribution in [0, 0.1) is 0 Å². The highest BCUT2D eigenvalue weighted by molar-refractivity contribution is 5.78. The molecule has 4 rings (SSSR count). The second-order valence-electron chi connectivity index (χ2n) is 7.63. The fourth-order valence-electron chi connectivity index (χ4n) is 3.70. The third-order valence-electron chi connectivity index (χ3n) is 5.25. The molecule has 2 aromatic heterocycles. The Morgan fingerprint density at radius 2 is 2.03 bits per heavy atom. The van der Waals surface area contributed by atoms with E-state index in [0.29, 0.717) is 39.3 Å². The van der Waals surface area contributed by atoms with Crippen molar-refractivity contribution in [2.45, 2.75) is 25.8 Å². The van der Waals surface area contributed by atoms with E-state index in [2.05, 4.69) is 20.1 Å². The highest BCUT2D eigenvalue weighted by Gasteiger charge is 2.29. The van der Waals surface area contributed by atoms with Crippen LogP contribution in [0.5, 0.6) is 5.75 Å². The summed E-state index contributed by atoms with van der Waals surface area (Å²) >= 11 is 0. The van der Waals surface area contributed by atoms with Crippen LogP contribution in [0.2, 0.25) is 0 Å². The van der Waals surface area contributed by atoms with E-state index in [9.17, 15) is 4.79 Å². The Labute approximate surface area is 181 Å². The molecule has 31 heavy (non-hydrogen) atoms. The maximum Gasteiger partial charge on any atom is 0.237 e. The molecule has 0 aliphatic carbocycles. The Hall–Kier alpha value is -3.23. The molecule has 0 spiro atoms. The quantitative estimate of drug-likeness (QED) is 0.601. The summed E-state index contributed by atoms with van der Waals surface area (Å²) in [4.78, 5) is 21.3. The van der Waals surface area contributed by atoms with Crippen LogP contribution in [0.1, 0.15) is 17.0 Å². The average molecular weight is 422 g/mol. The van der Waals surface area contributed by atoms with E-state index < -0.39 is 0 Å². The van der Waals surface area contributed by atoms with Crippen LogP contribution in [0.4, 0.5) is 0 Å². The smallest absolute Gasteiger partial charge is 0.237 e. The van der Waals surface area contributed by atoms with Crippen molar-refractivity contribution in [1.82, 2.24) is 25.0 Å². The highest BCUT2D eigenvalue weighted by atomic mass is 16.5. The maximum absolute atomic E-state index is 13.0. The van der Waals surface area contributed by atoms with Gasteiger partial charge in [-0.05, 0) is 35.9 Å². The van der Waals surface area contributed by atoms with E-state index >= 15 is 0 Å². The number of hydrogen-bond donors (Lipinski definition) is 1. The summed E-state index contributed by atoms with van der Waals surface area (Å²) < 4.78 is 11.6. The lowest BCUT2D eigenvalue weighted by Gasteiger charge is -2.24. The first-order valence-corrected chi connectivity index (χ1v) is 10.3. The third-order valence-corrected chi connectivity index (χ3v) is 5.25. The number of hydrogen-bond acceptors (Lipinski definition) is 6. The van der Waals surface area contributed by atoms with Gasteiger partial charge in [-0.3, -0.25) is 19.8 Å². The summed E-state index contributed by atoms with van der Waals surface area (Å²) in [6.07, 6.45) is 3.34. The molecule has 1 atom stereocenters. The Balaban J connectivity index is 1.47. The van der Waals surface area contributed by atoms with Gasteiger partial charge in [-0.1, -0.05) is 18.2 Å². The summed E-state index contributed by atoms with van der Waals surface area (Å²) in [7, 11) is 1.65. The van der Waals surface area contributed by atoms with E-state index in [0.717, 1.165) is 22.7 Å².